The number of carbonyl (C=O) groups excluding carboxylic acids is 2. The lowest BCUT2D eigenvalue weighted by atomic mass is 9.80. The van der Waals surface area contributed by atoms with E-state index in [0.29, 0.717) is 58.1 Å². The summed E-state index contributed by atoms with van der Waals surface area (Å²) in [6, 6.07) is 0. The number of nitrogens with zero attached hydrogens (tertiary/aromatic N) is 5. The SMILES string of the molecule is CCN(CC)S(=O)(=O)NC[C@H]1CC[C@H](C(=O)N2CCC3(CC2)CN/C(=N\C(=O)c2nc(Cl)c(N)nc2N)N3)CC1. The molecule has 2 aliphatic heterocycles. The molecule has 2 saturated heterocycles. The molecule has 3 fully saturated rings. The van der Waals surface area contributed by atoms with E-state index in [-0.39, 0.29) is 45.8 Å². The predicted octanol–water partition coefficient (Wildman–Crippen LogP) is 0.327. The van der Waals surface area contributed by atoms with Gasteiger partial charge in [-0.15, -0.1) is 0 Å². The third-order valence-electron chi connectivity index (χ3n) is 8.13. The van der Waals surface area contributed by atoms with Crippen LogP contribution >= 0.6 is 11.6 Å². The highest BCUT2D eigenvalue weighted by Gasteiger charge is 2.42. The minimum absolute atomic E-state index is 0.0348. The summed E-state index contributed by atoms with van der Waals surface area (Å²) in [7, 11) is -3.46. The lowest BCUT2D eigenvalue weighted by Crippen LogP contribution is -2.54. The molecule has 1 aromatic heterocycles. The second kappa shape index (κ2) is 12.4. The van der Waals surface area contributed by atoms with E-state index >= 15 is 0 Å². The first-order valence-electron chi connectivity index (χ1n) is 13.7. The van der Waals surface area contributed by atoms with Gasteiger partial charge < -0.3 is 27.0 Å². The van der Waals surface area contributed by atoms with Crippen molar-refractivity contribution in [2.24, 2.45) is 16.8 Å². The first-order valence-corrected chi connectivity index (χ1v) is 15.6. The van der Waals surface area contributed by atoms with Crippen molar-refractivity contribution in [2.45, 2.75) is 57.9 Å². The Balaban J connectivity index is 1.24. The molecule has 1 spiro atoms. The van der Waals surface area contributed by atoms with Crippen molar-refractivity contribution < 1.29 is 18.0 Å². The smallest absolute Gasteiger partial charge is 0.302 e. The Morgan fingerprint density at radius 1 is 1.12 bits per heavy atom. The molecular weight excluding hydrogens is 560 g/mol. The van der Waals surface area contributed by atoms with Crippen LogP contribution < -0.4 is 26.8 Å². The minimum Gasteiger partial charge on any atom is -0.382 e. The summed E-state index contributed by atoms with van der Waals surface area (Å²) < 4.78 is 28.9. The largest absolute Gasteiger partial charge is 0.382 e. The number of rotatable bonds is 8. The molecule has 4 rings (SSSR count). The highest BCUT2D eigenvalue weighted by molar-refractivity contribution is 7.87. The van der Waals surface area contributed by atoms with E-state index in [1.54, 1.807) is 0 Å². The molecular formula is C24H39ClN10O4S. The number of anilines is 2. The zero-order valence-corrected chi connectivity index (χ0v) is 24.5. The average molecular weight is 599 g/mol. The van der Waals surface area contributed by atoms with Crippen LogP contribution in [0.15, 0.2) is 4.99 Å². The molecule has 40 heavy (non-hydrogen) atoms. The summed E-state index contributed by atoms with van der Waals surface area (Å²) in [5, 5.41) is 6.32. The summed E-state index contributed by atoms with van der Waals surface area (Å²) in [5.74, 6) is -0.220. The van der Waals surface area contributed by atoms with Crippen molar-refractivity contribution in [3.8, 4) is 0 Å². The van der Waals surface area contributed by atoms with Crippen LogP contribution in [-0.4, -0.2) is 90.2 Å². The molecule has 16 heteroatoms. The maximum atomic E-state index is 13.3. The molecule has 2 amide bonds. The van der Waals surface area contributed by atoms with Crippen LogP contribution in [0.2, 0.25) is 5.15 Å². The topological polar surface area (TPSA) is 201 Å². The van der Waals surface area contributed by atoms with E-state index in [2.05, 4.69) is 30.3 Å². The standard InChI is InChI=1S/C24H39ClN10O4S/c1-3-35(4-2)40(38,39)29-13-15-5-7-16(8-6-15)22(37)34-11-9-24(10-12-34)14-28-23(33-24)32-21(36)17-19(26)31-20(27)18(25)30-17/h15-16,29H,3-14H2,1-2H3,(H4,26,27,31)(H2,28,32,33,36)/t15-,16-. The molecule has 3 heterocycles. The van der Waals surface area contributed by atoms with Gasteiger partial charge in [-0.25, -0.2) is 14.7 Å². The summed E-state index contributed by atoms with van der Waals surface area (Å²) in [6.07, 6.45) is 4.58. The molecule has 0 atom stereocenters. The highest BCUT2D eigenvalue weighted by Crippen LogP contribution is 2.32. The number of halogens is 1. The third kappa shape index (κ3) is 6.75. The monoisotopic (exact) mass is 598 g/mol. The normalized spacial score (nSPS) is 23.8. The predicted molar refractivity (Wildman–Crippen MR) is 153 cm³/mol. The van der Waals surface area contributed by atoms with Gasteiger partial charge >= 0.3 is 5.91 Å². The second-order valence-electron chi connectivity index (χ2n) is 10.6. The van der Waals surface area contributed by atoms with Crippen molar-refractivity contribution in [2.75, 3.05) is 50.7 Å². The van der Waals surface area contributed by atoms with Gasteiger partial charge in [0.05, 0.1) is 5.54 Å². The van der Waals surface area contributed by atoms with Gasteiger partial charge in [-0.3, -0.25) is 9.59 Å². The van der Waals surface area contributed by atoms with Gasteiger partial charge in [0.25, 0.3) is 10.2 Å². The molecule has 3 aliphatic rings. The minimum atomic E-state index is -3.46. The molecule has 0 bridgehead atoms. The number of nitrogens with one attached hydrogen (secondary N) is 3. The Morgan fingerprint density at radius 2 is 1.77 bits per heavy atom. The van der Waals surface area contributed by atoms with Gasteiger partial charge in [0, 0.05) is 45.2 Å². The van der Waals surface area contributed by atoms with Gasteiger partial charge in [-0.1, -0.05) is 25.4 Å². The molecule has 1 aromatic rings. The summed E-state index contributed by atoms with van der Waals surface area (Å²) in [5.41, 5.74) is 10.8. The number of guanidine groups is 1. The number of nitrogen functional groups attached to an aromatic ring is 2. The van der Waals surface area contributed by atoms with Gasteiger partial charge in [-0.2, -0.15) is 17.7 Å². The number of aliphatic imine (C=N–C) groups is 1. The van der Waals surface area contributed by atoms with Gasteiger partial charge in [0.15, 0.2) is 28.4 Å². The quantitative estimate of drug-likeness (QED) is 0.277. The zero-order chi connectivity index (χ0) is 29.1. The number of aromatic nitrogens is 2. The number of hydrogen-bond donors (Lipinski definition) is 5. The Bertz CT molecular complexity index is 1240. The average Bonchev–Trinajstić information content (AvgIpc) is 3.31. The van der Waals surface area contributed by atoms with E-state index in [0.717, 1.165) is 25.7 Å². The summed E-state index contributed by atoms with van der Waals surface area (Å²) in [4.78, 5) is 39.6. The van der Waals surface area contributed by atoms with Crippen molar-refractivity contribution in [3.63, 3.8) is 0 Å². The summed E-state index contributed by atoms with van der Waals surface area (Å²) >= 11 is 5.87. The third-order valence-corrected chi connectivity index (χ3v) is 10.1. The molecule has 1 saturated carbocycles. The van der Waals surface area contributed by atoms with Crippen LogP contribution in [0.4, 0.5) is 11.6 Å². The van der Waals surface area contributed by atoms with Crippen LogP contribution in [0.1, 0.15) is 62.9 Å². The number of nitrogens with two attached hydrogens (primary N) is 2. The van der Waals surface area contributed by atoms with Crippen molar-refractivity contribution >= 4 is 51.2 Å². The van der Waals surface area contributed by atoms with E-state index in [1.165, 1.54) is 4.31 Å². The highest BCUT2D eigenvalue weighted by atomic mass is 35.5. The molecule has 0 radical (unpaired) electrons. The fraction of sp³-hybridized carbons (Fsp3) is 0.708. The van der Waals surface area contributed by atoms with E-state index in [1.807, 2.05) is 18.7 Å². The molecule has 0 unspecified atom stereocenters. The Kier molecular flexibility index (Phi) is 9.37. The fourth-order valence-electron chi connectivity index (χ4n) is 5.62. The first kappa shape index (κ1) is 30.2. The van der Waals surface area contributed by atoms with Crippen LogP contribution in [0.25, 0.3) is 0 Å². The van der Waals surface area contributed by atoms with Gasteiger partial charge in [0.1, 0.15) is 0 Å². The number of hydrogen-bond acceptors (Lipinski definition) is 8. The van der Waals surface area contributed by atoms with Crippen LogP contribution in [0, 0.1) is 11.8 Å². The number of amides is 2. The first-order chi connectivity index (χ1) is 19.0. The second-order valence-corrected chi connectivity index (χ2v) is 12.8. The Hall–Kier alpha value is -2.75. The fourth-order valence-corrected chi connectivity index (χ4v) is 7.06. The van der Waals surface area contributed by atoms with Crippen molar-refractivity contribution in [1.29, 1.82) is 0 Å². The lowest BCUT2D eigenvalue weighted by molar-refractivity contribution is -0.138. The molecule has 1 aliphatic carbocycles. The van der Waals surface area contributed by atoms with Gasteiger partial charge in [-0.05, 0) is 44.4 Å². The maximum Gasteiger partial charge on any atom is 0.302 e. The van der Waals surface area contributed by atoms with Gasteiger partial charge in [0.2, 0.25) is 5.91 Å². The zero-order valence-electron chi connectivity index (χ0n) is 22.9. The van der Waals surface area contributed by atoms with Crippen molar-refractivity contribution in [1.82, 2.24) is 34.5 Å². The maximum absolute atomic E-state index is 13.3. The van der Waals surface area contributed by atoms with Crippen LogP contribution in [0.3, 0.4) is 0 Å². The number of likely N-dealkylation sites (tertiary alicyclic amines) is 1. The van der Waals surface area contributed by atoms with E-state index < -0.39 is 16.1 Å². The van der Waals surface area contributed by atoms with Crippen LogP contribution in [-0.2, 0) is 15.0 Å². The summed E-state index contributed by atoms with van der Waals surface area (Å²) in [6.45, 7) is 6.69. The van der Waals surface area contributed by atoms with E-state index in [4.69, 9.17) is 23.1 Å². The molecule has 7 N–H and O–H groups in total. The Labute approximate surface area is 239 Å². The molecule has 14 nitrogen and oxygen atoms in total. The van der Waals surface area contributed by atoms with Crippen molar-refractivity contribution in [3.05, 3.63) is 10.8 Å². The Morgan fingerprint density at radius 3 is 2.40 bits per heavy atom. The molecule has 0 aromatic carbocycles. The van der Waals surface area contributed by atoms with E-state index in [9.17, 15) is 18.0 Å². The van der Waals surface area contributed by atoms with Crippen LogP contribution in [0.5, 0.6) is 0 Å². The number of piperidine rings is 1. The molecule has 222 valence electrons. The number of carbonyl (C=O) groups is 2. The lowest BCUT2D eigenvalue weighted by Gasteiger charge is -2.40.